The topological polar surface area (TPSA) is 44.5 Å². The third-order valence-corrected chi connectivity index (χ3v) is 2.50. The molecule has 0 amide bonds. The number of hydrogen-bond donors (Lipinski definition) is 1. The summed E-state index contributed by atoms with van der Waals surface area (Å²) >= 11 is 0. The van der Waals surface area contributed by atoms with Crippen molar-refractivity contribution in [2.45, 2.75) is 39.5 Å². The Kier molecular flexibility index (Phi) is 6.30. The highest BCUT2D eigenvalue weighted by atomic mass is 16.5. The fraction of sp³-hybridized carbons (Fsp3) is 0.571. The minimum atomic E-state index is 0.648. The van der Waals surface area contributed by atoms with Gasteiger partial charge in [-0.2, -0.15) is 0 Å². The van der Waals surface area contributed by atoms with Gasteiger partial charge in [-0.25, -0.2) is 0 Å². The van der Waals surface area contributed by atoms with Crippen LogP contribution in [0.3, 0.4) is 0 Å². The maximum Gasteiger partial charge on any atom is 0.142 e. The number of nitrogens with two attached hydrogens (primary N) is 1. The molecule has 0 aliphatic heterocycles. The van der Waals surface area contributed by atoms with Crippen LogP contribution < -0.4 is 15.2 Å². The monoisotopic (exact) mass is 237 g/mol. The van der Waals surface area contributed by atoms with Gasteiger partial charge in [0.1, 0.15) is 11.5 Å². The molecule has 0 aliphatic rings. The number of rotatable bonds is 8. The predicted molar refractivity (Wildman–Crippen MR) is 71.7 cm³/mol. The van der Waals surface area contributed by atoms with Gasteiger partial charge < -0.3 is 15.2 Å². The van der Waals surface area contributed by atoms with E-state index in [1.165, 1.54) is 0 Å². The van der Waals surface area contributed by atoms with E-state index in [0.29, 0.717) is 5.69 Å². The first-order valence-electron chi connectivity index (χ1n) is 6.43. The number of hydrogen-bond acceptors (Lipinski definition) is 3. The molecule has 0 aliphatic carbocycles. The Bertz CT molecular complexity index is 326. The first-order valence-corrected chi connectivity index (χ1v) is 6.43. The van der Waals surface area contributed by atoms with Crippen LogP contribution in [-0.4, -0.2) is 13.2 Å². The van der Waals surface area contributed by atoms with Crippen molar-refractivity contribution in [2.75, 3.05) is 18.9 Å². The molecule has 0 saturated heterocycles. The van der Waals surface area contributed by atoms with Crippen LogP contribution in [0.4, 0.5) is 5.69 Å². The summed E-state index contributed by atoms with van der Waals surface area (Å²) in [6, 6.07) is 5.62. The Morgan fingerprint density at radius 1 is 1.00 bits per heavy atom. The van der Waals surface area contributed by atoms with Crippen LogP contribution in [0.2, 0.25) is 0 Å². The fourth-order valence-corrected chi connectivity index (χ4v) is 1.41. The van der Waals surface area contributed by atoms with Crippen molar-refractivity contribution in [3.8, 4) is 11.5 Å². The minimum Gasteiger partial charge on any atom is -0.494 e. The van der Waals surface area contributed by atoms with Crippen LogP contribution in [0, 0.1) is 0 Å². The van der Waals surface area contributed by atoms with E-state index in [4.69, 9.17) is 15.2 Å². The summed E-state index contributed by atoms with van der Waals surface area (Å²) < 4.78 is 11.1. The Balaban J connectivity index is 2.47. The molecule has 3 nitrogen and oxygen atoms in total. The lowest BCUT2D eigenvalue weighted by molar-refractivity contribution is 0.302. The molecule has 3 heteroatoms. The van der Waals surface area contributed by atoms with Crippen LogP contribution in [0.1, 0.15) is 39.5 Å². The van der Waals surface area contributed by atoms with E-state index >= 15 is 0 Å². The van der Waals surface area contributed by atoms with E-state index < -0.39 is 0 Å². The van der Waals surface area contributed by atoms with Crippen LogP contribution in [0.15, 0.2) is 18.2 Å². The van der Waals surface area contributed by atoms with Crippen molar-refractivity contribution in [3.05, 3.63) is 18.2 Å². The number of nitrogen functional groups attached to an aromatic ring is 1. The summed E-state index contributed by atoms with van der Waals surface area (Å²) in [5.41, 5.74) is 6.55. The molecular weight excluding hydrogens is 214 g/mol. The second-order valence-electron chi connectivity index (χ2n) is 4.10. The van der Waals surface area contributed by atoms with Gasteiger partial charge in [0, 0.05) is 6.07 Å². The van der Waals surface area contributed by atoms with Crippen LogP contribution in [-0.2, 0) is 0 Å². The van der Waals surface area contributed by atoms with E-state index in [9.17, 15) is 0 Å². The molecule has 2 N–H and O–H groups in total. The third-order valence-electron chi connectivity index (χ3n) is 2.50. The highest BCUT2D eigenvalue weighted by Crippen LogP contribution is 2.26. The summed E-state index contributed by atoms with van der Waals surface area (Å²) in [5, 5.41) is 0. The van der Waals surface area contributed by atoms with E-state index in [-0.39, 0.29) is 0 Å². The third kappa shape index (κ3) is 4.98. The molecule has 0 spiro atoms. The highest BCUT2D eigenvalue weighted by Gasteiger charge is 2.02. The summed E-state index contributed by atoms with van der Waals surface area (Å²) in [5.74, 6) is 1.57. The average molecular weight is 237 g/mol. The molecule has 0 saturated carbocycles. The standard InChI is InChI=1S/C14H23NO2/c1-3-5-9-16-12-7-8-14(13(15)11-12)17-10-6-4-2/h7-8,11H,3-6,9-10,15H2,1-2H3. The highest BCUT2D eigenvalue weighted by molar-refractivity contribution is 5.56. The first-order chi connectivity index (χ1) is 8.27. The minimum absolute atomic E-state index is 0.648. The van der Waals surface area contributed by atoms with Gasteiger partial charge in [-0.1, -0.05) is 26.7 Å². The maximum absolute atomic E-state index is 5.90. The van der Waals surface area contributed by atoms with Crippen LogP contribution in [0.25, 0.3) is 0 Å². The molecule has 1 aromatic carbocycles. The zero-order valence-corrected chi connectivity index (χ0v) is 10.9. The van der Waals surface area contributed by atoms with E-state index in [2.05, 4.69) is 13.8 Å². The van der Waals surface area contributed by atoms with Crippen molar-refractivity contribution in [3.63, 3.8) is 0 Å². The Labute approximate surface area is 104 Å². The average Bonchev–Trinajstić information content (AvgIpc) is 2.32. The van der Waals surface area contributed by atoms with Gasteiger partial charge >= 0.3 is 0 Å². The number of ether oxygens (including phenoxy) is 2. The smallest absolute Gasteiger partial charge is 0.142 e. The maximum atomic E-state index is 5.90. The number of unbranched alkanes of at least 4 members (excludes halogenated alkanes) is 2. The van der Waals surface area contributed by atoms with E-state index in [1.807, 2.05) is 18.2 Å². The van der Waals surface area contributed by atoms with E-state index in [1.54, 1.807) is 0 Å². The molecule has 0 fully saturated rings. The Hall–Kier alpha value is -1.38. The SMILES string of the molecule is CCCCOc1ccc(OCCCC)c(N)c1. The van der Waals surface area contributed by atoms with Gasteiger partial charge in [0.05, 0.1) is 18.9 Å². The van der Waals surface area contributed by atoms with Crippen LogP contribution in [0.5, 0.6) is 11.5 Å². The molecule has 0 radical (unpaired) electrons. The largest absolute Gasteiger partial charge is 0.494 e. The van der Waals surface area contributed by atoms with Gasteiger partial charge in [0.15, 0.2) is 0 Å². The molecular formula is C14H23NO2. The second-order valence-corrected chi connectivity index (χ2v) is 4.10. The lowest BCUT2D eigenvalue weighted by atomic mass is 10.2. The molecule has 0 aromatic heterocycles. The molecule has 17 heavy (non-hydrogen) atoms. The summed E-state index contributed by atoms with van der Waals surface area (Å²) in [4.78, 5) is 0. The van der Waals surface area contributed by atoms with Crippen molar-refractivity contribution >= 4 is 5.69 Å². The summed E-state index contributed by atoms with van der Waals surface area (Å²) in [6.07, 6.45) is 4.37. The molecule has 0 heterocycles. The number of benzene rings is 1. The molecule has 1 aromatic rings. The lowest BCUT2D eigenvalue weighted by Crippen LogP contribution is -2.01. The quantitative estimate of drug-likeness (QED) is 0.554. The Morgan fingerprint density at radius 3 is 2.24 bits per heavy atom. The molecule has 0 bridgehead atoms. The van der Waals surface area contributed by atoms with Gasteiger partial charge in [0.2, 0.25) is 0 Å². The Morgan fingerprint density at radius 2 is 1.65 bits per heavy atom. The molecule has 1 rings (SSSR count). The predicted octanol–water partition coefficient (Wildman–Crippen LogP) is 3.63. The van der Waals surface area contributed by atoms with Crippen molar-refractivity contribution in [1.29, 1.82) is 0 Å². The molecule has 0 atom stereocenters. The van der Waals surface area contributed by atoms with Gasteiger partial charge in [-0.05, 0) is 25.0 Å². The molecule has 0 unspecified atom stereocenters. The lowest BCUT2D eigenvalue weighted by Gasteiger charge is -2.10. The molecule has 96 valence electrons. The fourth-order valence-electron chi connectivity index (χ4n) is 1.41. The normalized spacial score (nSPS) is 10.2. The zero-order chi connectivity index (χ0) is 12.5. The van der Waals surface area contributed by atoms with Crippen molar-refractivity contribution < 1.29 is 9.47 Å². The van der Waals surface area contributed by atoms with Crippen molar-refractivity contribution in [1.82, 2.24) is 0 Å². The number of anilines is 1. The van der Waals surface area contributed by atoms with Crippen molar-refractivity contribution in [2.24, 2.45) is 0 Å². The van der Waals surface area contributed by atoms with Gasteiger partial charge in [-0.15, -0.1) is 0 Å². The van der Waals surface area contributed by atoms with Gasteiger partial charge in [0.25, 0.3) is 0 Å². The van der Waals surface area contributed by atoms with Gasteiger partial charge in [-0.3, -0.25) is 0 Å². The first kappa shape index (κ1) is 13.7. The van der Waals surface area contributed by atoms with E-state index in [0.717, 1.165) is 50.4 Å². The summed E-state index contributed by atoms with van der Waals surface area (Å²) in [6.45, 7) is 5.74. The van der Waals surface area contributed by atoms with Crippen LogP contribution >= 0.6 is 0 Å². The zero-order valence-electron chi connectivity index (χ0n) is 10.9. The summed E-state index contributed by atoms with van der Waals surface area (Å²) in [7, 11) is 0. The second kappa shape index (κ2) is 7.82.